The van der Waals surface area contributed by atoms with Gasteiger partial charge in [-0.1, -0.05) is 12.1 Å². The average molecular weight is 287 g/mol. The first kappa shape index (κ1) is 14.4. The smallest absolute Gasteiger partial charge is 0.219 e. The van der Waals surface area contributed by atoms with Crippen molar-refractivity contribution in [1.29, 1.82) is 0 Å². The molecule has 114 valence electrons. The summed E-state index contributed by atoms with van der Waals surface area (Å²) in [5.41, 5.74) is 2.90. The molecule has 1 aromatic rings. The maximum Gasteiger partial charge on any atom is 0.219 e. The second-order valence-corrected chi connectivity index (χ2v) is 6.40. The highest BCUT2D eigenvalue weighted by Gasteiger charge is 2.42. The Balaban J connectivity index is 1.67. The number of likely N-dealkylation sites (N-methyl/N-ethyl adjacent to an activating group) is 1. The molecular formula is C17H25N3O. The Morgan fingerprint density at radius 2 is 2.00 bits per heavy atom. The molecule has 1 aliphatic carbocycles. The standard InChI is InChI=1S/C17H25N3O/c1-13(21)19(3)16-8-11-20(12-16)15-6-4-14(5-7-15)17(18-2)9-10-17/h4-7,16,18H,8-12H2,1-3H3. The third-order valence-corrected chi connectivity index (χ3v) is 5.22. The number of carbonyl (C=O) groups is 1. The van der Waals surface area contributed by atoms with Crippen molar-refractivity contribution in [3.63, 3.8) is 0 Å². The van der Waals surface area contributed by atoms with Crippen LogP contribution in [0.2, 0.25) is 0 Å². The van der Waals surface area contributed by atoms with Gasteiger partial charge < -0.3 is 15.1 Å². The molecule has 1 heterocycles. The van der Waals surface area contributed by atoms with E-state index in [1.807, 2.05) is 19.0 Å². The molecule has 1 saturated carbocycles. The van der Waals surface area contributed by atoms with E-state index >= 15 is 0 Å². The topological polar surface area (TPSA) is 35.6 Å². The Kier molecular flexibility index (Phi) is 3.66. The van der Waals surface area contributed by atoms with Crippen molar-refractivity contribution in [2.45, 2.75) is 37.8 Å². The number of benzene rings is 1. The zero-order chi connectivity index (χ0) is 15.0. The third kappa shape index (κ3) is 2.64. The fraction of sp³-hybridized carbons (Fsp3) is 0.588. The lowest BCUT2D eigenvalue weighted by Gasteiger charge is -2.24. The fourth-order valence-corrected chi connectivity index (χ4v) is 3.35. The SMILES string of the molecule is CNC1(c2ccc(N3CCC(N(C)C(C)=O)C3)cc2)CC1. The van der Waals surface area contributed by atoms with Gasteiger partial charge in [0.05, 0.1) is 6.04 Å². The molecule has 3 rings (SSSR count). The van der Waals surface area contributed by atoms with Gasteiger partial charge in [0.2, 0.25) is 5.91 Å². The van der Waals surface area contributed by atoms with E-state index in [-0.39, 0.29) is 11.4 Å². The van der Waals surface area contributed by atoms with E-state index in [4.69, 9.17) is 0 Å². The van der Waals surface area contributed by atoms with E-state index in [0.717, 1.165) is 19.5 Å². The van der Waals surface area contributed by atoms with Crippen LogP contribution in [0.15, 0.2) is 24.3 Å². The molecule has 1 amide bonds. The summed E-state index contributed by atoms with van der Waals surface area (Å²) >= 11 is 0. The van der Waals surface area contributed by atoms with Crippen molar-refractivity contribution in [3.05, 3.63) is 29.8 Å². The number of carbonyl (C=O) groups excluding carboxylic acids is 1. The van der Waals surface area contributed by atoms with Gasteiger partial charge in [0.25, 0.3) is 0 Å². The van der Waals surface area contributed by atoms with Crippen LogP contribution in [-0.4, -0.2) is 44.0 Å². The Labute approximate surface area is 127 Å². The quantitative estimate of drug-likeness (QED) is 0.919. The molecule has 2 fully saturated rings. The molecule has 1 aliphatic heterocycles. The minimum atomic E-state index is 0.155. The zero-order valence-electron chi connectivity index (χ0n) is 13.2. The molecule has 1 aromatic carbocycles. The van der Waals surface area contributed by atoms with Crippen LogP contribution in [0.1, 0.15) is 31.7 Å². The van der Waals surface area contributed by atoms with E-state index in [9.17, 15) is 4.79 Å². The first-order valence-electron chi connectivity index (χ1n) is 7.83. The van der Waals surface area contributed by atoms with E-state index in [0.29, 0.717) is 6.04 Å². The van der Waals surface area contributed by atoms with Gasteiger partial charge in [0, 0.05) is 38.3 Å². The molecule has 2 aliphatic rings. The predicted octanol–water partition coefficient (Wildman–Crippen LogP) is 1.95. The highest BCUT2D eigenvalue weighted by Crippen LogP contribution is 2.45. The van der Waals surface area contributed by atoms with Crippen molar-refractivity contribution in [3.8, 4) is 0 Å². The van der Waals surface area contributed by atoms with Crippen molar-refractivity contribution >= 4 is 11.6 Å². The van der Waals surface area contributed by atoms with Crippen LogP contribution >= 0.6 is 0 Å². The largest absolute Gasteiger partial charge is 0.369 e. The highest BCUT2D eigenvalue weighted by molar-refractivity contribution is 5.73. The van der Waals surface area contributed by atoms with Crippen molar-refractivity contribution in [2.24, 2.45) is 0 Å². The Bertz CT molecular complexity index is 521. The number of nitrogens with zero attached hydrogens (tertiary/aromatic N) is 2. The van der Waals surface area contributed by atoms with E-state index < -0.39 is 0 Å². The van der Waals surface area contributed by atoms with Crippen LogP contribution < -0.4 is 10.2 Å². The average Bonchev–Trinajstić information content (AvgIpc) is 3.16. The zero-order valence-corrected chi connectivity index (χ0v) is 13.2. The summed E-state index contributed by atoms with van der Waals surface area (Å²) in [5.74, 6) is 0.155. The second kappa shape index (κ2) is 5.34. The molecular weight excluding hydrogens is 262 g/mol. The third-order valence-electron chi connectivity index (χ3n) is 5.22. The van der Waals surface area contributed by atoms with Crippen LogP contribution in [0.25, 0.3) is 0 Å². The summed E-state index contributed by atoms with van der Waals surface area (Å²) in [6.07, 6.45) is 3.52. The van der Waals surface area contributed by atoms with E-state index in [1.54, 1.807) is 6.92 Å². The number of rotatable bonds is 4. The van der Waals surface area contributed by atoms with Gasteiger partial charge in [-0.2, -0.15) is 0 Å². The van der Waals surface area contributed by atoms with Gasteiger partial charge in [0.15, 0.2) is 0 Å². The molecule has 1 N–H and O–H groups in total. The van der Waals surface area contributed by atoms with Crippen molar-refractivity contribution in [1.82, 2.24) is 10.2 Å². The molecule has 0 radical (unpaired) electrons. The molecule has 21 heavy (non-hydrogen) atoms. The monoisotopic (exact) mass is 287 g/mol. The molecule has 0 spiro atoms. The van der Waals surface area contributed by atoms with E-state index in [1.165, 1.54) is 24.1 Å². The summed E-state index contributed by atoms with van der Waals surface area (Å²) < 4.78 is 0. The van der Waals surface area contributed by atoms with Crippen LogP contribution in [-0.2, 0) is 10.3 Å². The van der Waals surface area contributed by atoms with Crippen LogP contribution in [0.3, 0.4) is 0 Å². The Morgan fingerprint density at radius 1 is 1.33 bits per heavy atom. The van der Waals surface area contributed by atoms with Gasteiger partial charge in [-0.15, -0.1) is 0 Å². The van der Waals surface area contributed by atoms with Crippen molar-refractivity contribution < 1.29 is 4.79 Å². The number of hydrogen-bond acceptors (Lipinski definition) is 3. The van der Waals surface area contributed by atoms with Gasteiger partial charge in [-0.25, -0.2) is 0 Å². The molecule has 1 unspecified atom stereocenters. The summed E-state index contributed by atoms with van der Waals surface area (Å²) in [6, 6.07) is 9.29. The van der Waals surface area contributed by atoms with Gasteiger partial charge in [-0.3, -0.25) is 4.79 Å². The number of anilines is 1. The Morgan fingerprint density at radius 3 is 2.52 bits per heavy atom. The molecule has 0 aromatic heterocycles. The number of nitrogens with one attached hydrogen (secondary N) is 1. The summed E-state index contributed by atoms with van der Waals surface area (Å²) in [5, 5.41) is 3.43. The van der Waals surface area contributed by atoms with Crippen molar-refractivity contribution in [2.75, 3.05) is 32.1 Å². The molecule has 1 atom stereocenters. The van der Waals surface area contributed by atoms with Gasteiger partial charge in [0.1, 0.15) is 0 Å². The van der Waals surface area contributed by atoms with Crippen LogP contribution in [0.5, 0.6) is 0 Å². The normalized spacial score (nSPS) is 23.2. The molecule has 1 saturated heterocycles. The minimum Gasteiger partial charge on any atom is -0.369 e. The maximum atomic E-state index is 11.5. The Hall–Kier alpha value is -1.55. The lowest BCUT2D eigenvalue weighted by atomic mass is 10.0. The van der Waals surface area contributed by atoms with Crippen LogP contribution in [0, 0.1) is 0 Å². The molecule has 0 bridgehead atoms. The summed E-state index contributed by atoms with van der Waals surface area (Å²) in [7, 11) is 3.95. The highest BCUT2D eigenvalue weighted by atomic mass is 16.2. The molecule has 4 heteroatoms. The van der Waals surface area contributed by atoms with Gasteiger partial charge in [-0.05, 0) is 44.0 Å². The first-order chi connectivity index (χ1) is 10.1. The van der Waals surface area contributed by atoms with E-state index in [2.05, 4.69) is 34.5 Å². The number of amides is 1. The number of hydrogen-bond donors (Lipinski definition) is 1. The first-order valence-corrected chi connectivity index (χ1v) is 7.83. The second-order valence-electron chi connectivity index (χ2n) is 6.40. The molecule has 4 nitrogen and oxygen atoms in total. The maximum absolute atomic E-state index is 11.5. The minimum absolute atomic E-state index is 0.155. The van der Waals surface area contributed by atoms with Gasteiger partial charge >= 0.3 is 0 Å². The lowest BCUT2D eigenvalue weighted by molar-refractivity contribution is -0.129. The summed E-state index contributed by atoms with van der Waals surface area (Å²) in [6.45, 7) is 3.61. The van der Waals surface area contributed by atoms with Crippen LogP contribution in [0.4, 0.5) is 5.69 Å². The lowest BCUT2D eigenvalue weighted by Crippen LogP contribution is -2.37. The fourth-order valence-electron chi connectivity index (χ4n) is 3.35. The summed E-state index contributed by atoms with van der Waals surface area (Å²) in [4.78, 5) is 15.7. The predicted molar refractivity (Wildman–Crippen MR) is 85.5 cm³/mol.